The van der Waals surface area contributed by atoms with Gasteiger partial charge in [-0.05, 0) is 156 Å². The minimum Gasteiger partial charge on any atom is -0.368 e. The summed E-state index contributed by atoms with van der Waals surface area (Å²) in [7, 11) is 0. The molecule has 9 aromatic rings. The zero-order valence-corrected chi connectivity index (χ0v) is 38.3. The van der Waals surface area contributed by atoms with Gasteiger partial charge in [-0.2, -0.15) is 0 Å². The molecule has 0 radical (unpaired) electrons. The van der Waals surface area contributed by atoms with Crippen LogP contribution in [0.25, 0.3) is 55.3 Å². The highest BCUT2D eigenvalue weighted by atomic mass is 15.2. The lowest BCUT2D eigenvalue weighted by molar-refractivity contribution is 0.725. The fraction of sp³-hybridized carbons (Fsp3) is 0.111. The monoisotopic (exact) mass is 862 g/mol. The molecule has 4 heteroatoms. The molecule has 4 aliphatic rings. The molecule has 67 heavy (non-hydrogen) atoms. The quantitative estimate of drug-likeness (QED) is 0.180. The molecule has 0 saturated heterocycles. The Bertz CT molecular complexity index is 3640. The van der Waals surface area contributed by atoms with Crippen LogP contribution < -0.4 is 15.1 Å². The van der Waals surface area contributed by atoms with Gasteiger partial charge in [-0.3, -0.25) is 0 Å². The second-order valence-corrected chi connectivity index (χ2v) is 18.6. The van der Waals surface area contributed by atoms with Crippen molar-refractivity contribution < 1.29 is 0 Å². The lowest BCUT2D eigenvalue weighted by Crippen LogP contribution is -2.37. The average Bonchev–Trinajstić information content (AvgIpc) is 4.09. The number of fused-ring (bicyclic) bond motifs is 11. The first-order valence-electron chi connectivity index (χ1n) is 23.7. The number of aromatic nitrogens is 1. The number of aryl methyl sites for hydroxylation is 1. The molecule has 2 unspecified atom stereocenters. The maximum Gasteiger partial charge on any atom is 0.106 e. The Balaban J connectivity index is 0.929. The fourth-order valence-corrected chi connectivity index (χ4v) is 11.8. The van der Waals surface area contributed by atoms with Gasteiger partial charge in [0.05, 0.1) is 11.0 Å². The Morgan fingerprint density at radius 2 is 1.33 bits per heavy atom. The first kappa shape index (κ1) is 39.3. The molecule has 8 aromatic carbocycles. The van der Waals surface area contributed by atoms with Crippen molar-refractivity contribution in [2.75, 3.05) is 21.7 Å². The second-order valence-electron chi connectivity index (χ2n) is 18.6. The second kappa shape index (κ2) is 15.0. The van der Waals surface area contributed by atoms with Gasteiger partial charge in [-0.25, -0.2) is 0 Å². The number of hydrogen-bond acceptors (Lipinski definition) is 3. The van der Waals surface area contributed by atoms with Gasteiger partial charge in [0, 0.05) is 74.2 Å². The van der Waals surface area contributed by atoms with Crippen LogP contribution in [-0.2, 0) is 5.54 Å². The van der Waals surface area contributed by atoms with E-state index in [1.54, 1.807) is 0 Å². The first-order valence-corrected chi connectivity index (χ1v) is 23.7. The SMILES string of the molecule is C/C=C(\C=C1/CN(c2ccccc2)c2ccccc21)n1c2ccccc2c2cc3c(cc21)C(C)c1cc2c(cc1-3)-c1ccccc1C1(C=CC(N(c3ccccc3)c3ccccc3C)=C1C)N2. The summed E-state index contributed by atoms with van der Waals surface area (Å²) in [5.41, 5.74) is 24.6. The highest BCUT2D eigenvalue weighted by molar-refractivity contribution is 6.13. The Kier molecular flexibility index (Phi) is 8.79. The third-order valence-corrected chi connectivity index (χ3v) is 15.1. The molecule has 2 aliphatic heterocycles. The van der Waals surface area contributed by atoms with E-state index in [-0.39, 0.29) is 5.92 Å². The summed E-state index contributed by atoms with van der Waals surface area (Å²) in [6.45, 7) is 9.91. The van der Waals surface area contributed by atoms with Gasteiger partial charge in [0.25, 0.3) is 0 Å². The fourth-order valence-electron chi connectivity index (χ4n) is 11.8. The number of rotatable bonds is 6. The molecule has 1 N–H and O–H groups in total. The molecule has 0 saturated carbocycles. The van der Waals surface area contributed by atoms with Crippen molar-refractivity contribution in [3.05, 3.63) is 245 Å². The predicted octanol–water partition coefficient (Wildman–Crippen LogP) is 16.3. The molecule has 13 rings (SSSR count). The lowest BCUT2D eigenvalue weighted by atomic mass is 9.76. The van der Waals surface area contributed by atoms with E-state index in [0.29, 0.717) is 0 Å². The molecule has 0 fully saturated rings. The molecule has 1 spiro atoms. The highest BCUT2D eigenvalue weighted by Gasteiger charge is 2.44. The molecule has 2 aliphatic carbocycles. The molecule has 1 aromatic heterocycles. The van der Waals surface area contributed by atoms with Gasteiger partial charge in [0.2, 0.25) is 0 Å². The van der Waals surface area contributed by atoms with E-state index in [1.165, 1.54) is 117 Å². The molecule has 0 amide bonds. The van der Waals surface area contributed by atoms with Gasteiger partial charge in [0.1, 0.15) is 5.54 Å². The van der Waals surface area contributed by atoms with Gasteiger partial charge in [-0.15, -0.1) is 0 Å². The summed E-state index contributed by atoms with van der Waals surface area (Å²) in [6.07, 6.45) is 9.43. The van der Waals surface area contributed by atoms with Crippen LogP contribution in [0.5, 0.6) is 0 Å². The standard InChI is InChI=1S/C63H50N4/c1-5-44(34-43-39-65(45-21-8-6-9-22-45)60-30-18-14-25-47(43)60)66-61-31-19-15-27-49(61)55-36-53-51(38-62(55)66)41(3)50-37-57-54(35-52(50)53)48-26-13-16-28-56(48)63(64-57)33-32-59(42(63)4)67(46-23-10-7-11-24-46)58-29-17-12-20-40(58)2/h5-38,41,64H,39H2,1-4H3/b43-34+,44-5+. The molecule has 3 heterocycles. The lowest BCUT2D eigenvalue weighted by Gasteiger charge is -2.40. The Morgan fingerprint density at radius 1 is 0.642 bits per heavy atom. The summed E-state index contributed by atoms with van der Waals surface area (Å²) in [4.78, 5) is 4.87. The summed E-state index contributed by atoms with van der Waals surface area (Å²) in [6, 6.07) is 67.0. The van der Waals surface area contributed by atoms with E-state index in [4.69, 9.17) is 0 Å². The van der Waals surface area contributed by atoms with Crippen LogP contribution in [0, 0.1) is 6.92 Å². The molecular formula is C63H50N4. The van der Waals surface area contributed by atoms with Crippen molar-refractivity contribution in [3.8, 4) is 22.3 Å². The predicted molar refractivity (Wildman–Crippen MR) is 283 cm³/mol. The van der Waals surface area contributed by atoms with E-state index < -0.39 is 5.54 Å². The van der Waals surface area contributed by atoms with Crippen LogP contribution in [0.15, 0.2) is 218 Å². The minimum absolute atomic E-state index is 0.204. The molecule has 322 valence electrons. The zero-order chi connectivity index (χ0) is 45.0. The third kappa shape index (κ3) is 5.79. The number of benzene rings is 8. The van der Waals surface area contributed by atoms with Gasteiger partial charge >= 0.3 is 0 Å². The maximum atomic E-state index is 4.20. The maximum absolute atomic E-state index is 4.20. The third-order valence-electron chi connectivity index (χ3n) is 15.1. The van der Waals surface area contributed by atoms with Crippen LogP contribution in [0.3, 0.4) is 0 Å². The minimum atomic E-state index is -0.516. The van der Waals surface area contributed by atoms with Crippen LogP contribution in [-0.4, -0.2) is 11.1 Å². The summed E-state index contributed by atoms with van der Waals surface area (Å²) in [5.74, 6) is 0.204. The van der Waals surface area contributed by atoms with Crippen molar-refractivity contribution in [2.24, 2.45) is 0 Å². The van der Waals surface area contributed by atoms with Gasteiger partial charge in [0.15, 0.2) is 0 Å². The Labute approximate surface area is 392 Å². The van der Waals surface area contributed by atoms with Crippen molar-refractivity contribution in [2.45, 2.75) is 39.2 Å². The number of para-hydroxylation sites is 5. The first-order chi connectivity index (χ1) is 32.9. The summed E-state index contributed by atoms with van der Waals surface area (Å²) in [5, 5.41) is 6.75. The molecule has 2 atom stereocenters. The molecule has 0 bridgehead atoms. The van der Waals surface area contributed by atoms with Crippen LogP contribution in [0.2, 0.25) is 0 Å². The number of anilines is 5. The van der Waals surface area contributed by atoms with Crippen molar-refractivity contribution in [1.82, 2.24) is 4.57 Å². The largest absolute Gasteiger partial charge is 0.368 e. The smallest absolute Gasteiger partial charge is 0.106 e. The van der Waals surface area contributed by atoms with Gasteiger partial charge < -0.3 is 19.7 Å². The van der Waals surface area contributed by atoms with E-state index in [0.717, 1.165) is 12.2 Å². The summed E-state index contributed by atoms with van der Waals surface area (Å²) < 4.78 is 2.50. The molecular weight excluding hydrogens is 813 g/mol. The Morgan fingerprint density at radius 3 is 2.15 bits per heavy atom. The van der Waals surface area contributed by atoms with Crippen LogP contribution >= 0.6 is 0 Å². The number of hydrogen-bond donors (Lipinski definition) is 1. The highest BCUT2D eigenvalue weighted by Crippen LogP contribution is 2.56. The van der Waals surface area contributed by atoms with Crippen molar-refractivity contribution >= 4 is 61.5 Å². The average molecular weight is 863 g/mol. The van der Waals surface area contributed by atoms with Gasteiger partial charge in [-0.1, -0.05) is 128 Å². The van der Waals surface area contributed by atoms with E-state index >= 15 is 0 Å². The number of allylic oxidation sites excluding steroid dienone is 4. The number of nitrogens with zero attached hydrogens (tertiary/aromatic N) is 3. The van der Waals surface area contributed by atoms with Crippen molar-refractivity contribution in [1.29, 1.82) is 0 Å². The molecule has 4 nitrogen and oxygen atoms in total. The zero-order valence-electron chi connectivity index (χ0n) is 38.3. The van der Waals surface area contributed by atoms with E-state index in [2.05, 4.69) is 254 Å². The van der Waals surface area contributed by atoms with Crippen molar-refractivity contribution in [3.63, 3.8) is 0 Å². The number of nitrogens with one attached hydrogen (secondary N) is 1. The van der Waals surface area contributed by atoms with E-state index in [1.807, 2.05) is 0 Å². The summed E-state index contributed by atoms with van der Waals surface area (Å²) >= 11 is 0. The van der Waals surface area contributed by atoms with E-state index in [9.17, 15) is 0 Å². The van der Waals surface area contributed by atoms with Crippen LogP contribution in [0.4, 0.5) is 28.4 Å². The normalized spacial score (nSPS) is 18.4. The Hall–Kier alpha value is -8.08. The topological polar surface area (TPSA) is 23.4 Å². The van der Waals surface area contributed by atoms with Crippen LogP contribution in [0.1, 0.15) is 54.5 Å².